The van der Waals surface area contributed by atoms with E-state index in [1.165, 1.54) is 7.11 Å². The maximum atomic E-state index is 12.5. The highest BCUT2D eigenvalue weighted by Crippen LogP contribution is 2.26. The fourth-order valence-electron chi connectivity index (χ4n) is 2.62. The van der Waals surface area contributed by atoms with Crippen molar-refractivity contribution in [3.8, 4) is 0 Å². The number of hydrogen-bond donors (Lipinski definition) is 0. The molecule has 118 valence electrons. The zero-order valence-electron chi connectivity index (χ0n) is 13.2. The Morgan fingerprint density at radius 1 is 1.32 bits per heavy atom. The van der Waals surface area contributed by atoms with Crippen LogP contribution in [-0.2, 0) is 15.9 Å². The molecule has 0 N–H and O–H groups in total. The lowest BCUT2D eigenvalue weighted by Gasteiger charge is -2.18. The van der Waals surface area contributed by atoms with E-state index in [2.05, 4.69) is 0 Å². The summed E-state index contributed by atoms with van der Waals surface area (Å²) < 4.78 is 10.0. The van der Waals surface area contributed by atoms with E-state index < -0.39 is 0 Å². The average Bonchev–Trinajstić information content (AvgIpc) is 2.55. The molecule has 2 rings (SSSR count). The first-order valence-electron chi connectivity index (χ1n) is 7.70. The van der Waals surface area contributed by atoms with Gasteiger partial charge in [0.25, 0.3) is 0 Å². The SMILES string of the molecule is CCOCCC/C=C1\CCc2cc(C(=O)OC)ccc2C1=O. The molecule has 0 spiro atoms. The first-order chi connectivity index (χ1) is 10.7. The Bertz CT molecular complexity index is 587. The zero-order valence-corrected chi connectivity index (χ0v) is 13.2. The molecule has 22 heavy (non-hydrogen) atoms. The van der Waals surface area contributed by atoms with Crippen molar-refractivity contribution in [2.75, 3.05) is 20.3 Å². The first-order valence-corrected chi connectivity index (χ1v) is 7.70. The number of unbranched alkanes of at least 4 members (excludes halogenated alkanes) is 1. The second-order valence-electron chi connectivity index (χ2n) is 5.26. The van der Waals surface area contributed by atoms with Crippen LogP contribution in [0.15, 0.2) is 29.8 Å². The van der Waals surface area contributed by atoms with Gasteiger partial charge in [-0.25, -0.2) is 4.79 Å². The van der Waals surface area contributed by atoms with Crippen molar-refractivity contribution in [3.05, 3.63) is 46.5 Å². The van der Waals surface area contributed by atoms with Gasteiger partial charge in [0.1, 0.15) is 0 Å². The Hall–Kier alpha value is -1.94. The van der Waals surface area contributed by atoms with Gasteiger partial charge in [-0.2, -0.15) is 0 Å². The number of ether oxygens (including phenoxy) is 2. The number of carbonyl (C=O) groups is 2. The topological polar surface area (TPSA) is 52.6 Å². The van der Waals surface area contributed by atoms with Crippen molar-refractivity contribution in [3.63, 3.8) is 0 Å². The minimum absolute atomic E-state index is 0.0778. The number of allylic oxidation sites excluding steroid dienone is 2. The number of methoxy groups -OCH3 is 1. The van der Waals surface area contributed by atoms with Crippen LogP contribution in [0.1, 0.15) is 52.5 Å². The van der Waals surface area contributed by atoms with Crippen molar-refractivity contribution in [2.45, 2.75) is 32.6 Å². The Kier molecular flexibility index (Phi) is 5.90. The Balaban J connectivity index is 2.07. The summed E-state index contributed by atoms with van der Waals surface area (Å²) in [5.41, 5.74) is 3.00. The van der Waals surface area contributed by atoms with Crippen LogP contribution in [0.2, 0.25) is 0 Å². The summed E-state index contributed by atoms with van der Waals surface area (Å²) in [6.07, 6.45) is 5.32. The second-order valence-corrected chi connectivity index (χ2v) is 5.26. The predicted molar refractivity (Wildman–Crippen MR) is 84.2 cm³/mol. The van der Waals surface area contributed by atoms with Crippen LogP contribution in [0.4, 0.5) is 0 Å². The highest BCUT2D eigenvalue weighted by molar-refractivity contribution is 6.11. The molecule has 0 radical (unpaired) electrons. The molecule has 1 aliphatic carbocycles. The summed E-state index contributed by atoms with van der Waals surface area (Å²) in [7, 11) is 1.36. The molecule has 0 atom stereocenters. The van der Waals surface area contributed by atoms with Crippen molar-refractivity contribution in [1.29, 1.82) is 0 Å². The molecule has 0 amide bonds. The quantitative estimate of drug-likeness (QED) is 0.459. The van der Waals surface area contributed by atoms with Crippen LogP contribution in [0.5, 0.6) is 0 Å². The smallest absolute Gasteiger partial charge is 0.337 e. The summed E-state index contributed by atoms with van der Waals surface area (Å²) in [5, 5.41) is 0. The maximum Gasteiger partial charge on any atom is 0.337 e. The third kappa shape index (κ3) is 3.83. The fraction of sp³-hybridized carbons (Fsp3) is 0.444. The molecule has 4 nitrogen and oxygen atoms in total. The highest BCUT2D eigenvalue weighted by atomic mass is 16.5. The maximum absolute atomic E-state index is 12.5. The van der Waals surface area contributed by atoms with Gasteiger partial charge >= 0.3 is 5.97 Å². The molecule has 0 unspecified atom stereocenters. The van der Waals surface area contributed by atoms with Crippen LogP contribution in [0, 0.1) is 0 Å². The lowest BCUT2D eigenvalue weighted by atomic mass is 9.85. The largest absolute Gasteiger partial charge is 0.465 e. The Morgan fingerprint density at radius 3 is 2.86 bits per heavy atom. The van der Waals surface area contributed by atoms with Crippen LogP contribution < -0.4 is 0 Å². The normalized spacial score (nSPS) is 15.7. The number of aryl methyl sites for hydroxylation is 1. The van der Waals surface area contributed by atoms with E-state index in [1.54, 1.807) is 18.2 Å². The molecule has 0 saturated heterocycles. The van der Waals surface area contributed by atoms with Crippen molar-refractivity contribution in [1.82, 2.24) is 0 Å². The molecule has 0 aliphatic heterocycles. The van der Waals surface area contributed by atoms with Crippen molar-refractivity contribution in [2.24, 2.45) is 0 Å². The second kappa shape index (κ2) is 7.90. The van der Waals surface area contributed by atoms with Crippen LogP contribution in [-0.4, -0.2) is 32.1 Å². The molecule has 0 heterocycles. The van der Waals surface area contributed by atoms with Gasteiger partial charge in [-0.3, -0.25) is 4.79 Å². The van der Waals surface area contributed by atoms with Crippen LogP contribution in [0.3, 0.4) is 0 Å². The number of carbonyl (C=O) groups excluding carboxylic acids is 2. The molecule has 0 saturated carbocycles. The van der Waals surface area contributed by atoms with Crippen molar-refractivity contribution >= 4 is 11.8 Å². The number of ketones is 1. The molecule has 0 aromatic heterocycles. The predicted octanol–water partition coefficient (Wildman–Crippen LogP) is 3.35. The van der Waals surface area contributed by atoms with Gasteiger partial charge in [-0.1, -0.05) is 6.08 Å². The Morgan fingerprint density at radius 2 is 2.14 bits per heavy atom. The number of Topliss-reactive ketones (excluding diaryl/α,β-unsaturated/α-hetero) is 1. The van der Waals surface area contributed by atoms with E-state index in [-0.39, 0.29) is 11.8 Å². The molecule has 0 fully saturated rings. The van der Waals surface area contributed by atoms with Gasteiger partial charge < -0.3 is 9.47 Å². The van der Waals surface area contributed by atoms with Gasteiger partial charge in [-0.15, -0.1) is 0 Å². The van der Waals surface area contributed by atoms with E-state index in [0.29, 0.717) is 11.1 Å². The standard InChI is InChI=1S/C18H22O4/c1-3-22-11-5-4-6-13-7-8-14-12-15(18(20)21-2)9-10-16(14)17(13)19/h6,9-10,12H,3-5,7-8,11H2,1-2H3/b13-6+. The van der Waals surface area contributed by atoms with E-state index in [1.807, 2.05) is 13.0 Å². The van der Waals surface area contributed by atoms with Gasteiger partial charge in [-0.05, 0) is 61.9 Å². The van der Waals surface area contributed by atoms with Crippen LogP contribution in [0.25, 0.3) is 0 Å². The summed E-state index contributed by atoms with van der Waals surface area (Å²) >= 11 is 0. The summed E-state index contributed by atoms with van der Waals surface area (Å²) in [4.78, 5) is 24.0. The molecule has 1 aromatic rings. The summed E-state index contributed by atoms with van der Waals surface area (Å²) in [5.74, 6) is -0.290. The third-order valence-electron chi connectivity index (χ3n) is 3.81. The van der Waals surface area contributed by atoms with Gasteiger partial charge in [0.15, 0.2) is 5.78 Å². The monoisotopic (exact) mass is 302 g/mol. The molecule has 1 aromatic carbocycles. The zero-order chi connectivity index (χ0) is 15.9. The van der Waals surface area contributed by atoms with Gasteiger partial charge in [0.05, 0.1) is 12.7 Å². The molecule has 4 heteroatoms. The first kappa shape index (κ1) is 16.4. The van der Waals surface area contributed by atoms with Gasteiger partial charge in [0.2, 0.25) is 0 Å². The molecule has 1 aliphatic rings. The Labute approximate surface area is 131 Å². The highest BCUT2D eigenvalue weighted by Gasteiger charge is 2.22. The molecule has 0 bridgehead atoms. The molecular formula is C18H22O4. The van der Waals surface area contributed by atoms with E-state index in [0.717, 1.165) is 50.0 Å². The fourth-order valence-corrected chi connectivity index (χ4v) is 2.62. The molecular weight excluding hydrogens is 280 g/mol. The van der Waals surface area contributed by atoms with Crippen LogP contribution >= 0.6 is 0 Å². The van der Waals surface area contributed by atoms with E-state index in [9.17, 15) is 9.59 Å². The van der Waals surface area contributed by atoms with Gasteiger partial charge in [0, 0.05) is 18.8 Å². The number of rotatable bonds is 6. The number of esters is 1. The minimum Gasteiger partial charge on any atom is -0.465 e. The van der Waals surface area contributed by atoms with E-state index >= 15 is 0 Å². The summed E-state index contributed by atoms with van der Waals surface area (Å²) in [6.45, 7) is 3.43. The lowest BCUT2D eigenvalue weighted by Crippen LogP contribution is -2.15. The van der Waals surface area contributed by atoms with Crippen molar-refractivity contribution < 1.29 is 19.1 Å². The number of fused-ring (bicyclic) bond motifs is 1. The minimum atomic E-state index is -0.368. The van der Waals surface area contributed by atoms with E-state index in [4.69, 9.17) is 9.47 Å². The number of benzene rings is 1. The number of hydrogen-bond acceptors (Lipinski definition) is 4. The lowest BCUT2D eigenvalue weighted by molar-refractivity contribution is 0.0600. The summed E-state index contributed by atoms with van der Waals surface area (Å²) in [6, 6.07) is 5.16. The third-order valence-corrected chi connectivity index (χ3v) is 3.81. The average molecular weight is 302 g/mol.